The first-order chi connectivity index (χ1) is 11.9. The van der Waals surface area contributed by atoms with Crippen molar-refractivity contribution in [3.8, 4) is 0 Å². The molecule has 25 heavy (non-hydrogen) atoms. The molecular weight excluding hydrogens is 370 g/mol. The van der Waals surface area contributed by atoms with Gasteiger partial charge in [-0.1, -0.05) is 12.1 Å². The lowest BCUT2D eigenvalue weighted by Crippen LogP contribution is -2.46. The van der Waals surface area contributed by atoms with Gasteiger partial charge in [0.25, 0.3) is 5.91 Å². The van der Waals surface area contributed by atoms with E-state index in [0.717, 1.165) is 23.5 Å². The molecule has 0 unspecified atom stereocenters. The standard InChI is InChI=1S/C16H16F2N2O3S2/c17-12-3-1-4-13(18)15(12)16(21)20-8-6-11(7-9-20)19-25(22,23)14-5-2-10-24-14/h1-5,10-11,19H,6-9H2. The molecule has 2 heterocycles. The van der Waals surface area contributed by atoms with E-state index in [1.54, 1.807) is 11.4 Å². The molecule has 0 aliphatic carbocycles. The van der Waals surface area contributed by atoms with Crippen LogP contribution in [0.2, 0.25) is 0 Å². The Labute approximate surface area is 148 Å². The highest BCUT2D eigenvalue weighted by Gasteiger charge is 2.29. The highest BCUT2D eigenvalue weighted by molar-refractivity contribution is 7.91. The Kier molecular flexibility index (Phi) is 5.16. The van der Waals surface area contributed by atoms with Gasteiger partial charge in [-0.3, -0.25) is 4.79 Å². The molecule has 1 fully saturated rings. The Balaban J connectivity index is 1.63. The summed E-state index contributed by atoms with van der Waals surface area (Å²) in [5.74, 6) is -2.51. The molecule has 2 aromatic rings. The van der Waals surface area contributed by atoms with E-state index in [9.17, 15) is 22.0 Å². The van der Waals surface area contributed by atoms with Crippen molar-refractivity contribution in [3.05, 3.63) is 52.9 Å². The monoisotopic (exact) mass is 386 g/mol. The molecule has 0 atom stereocenters. The van der Waals surface area contributed by atoms with Gasteiger partial charge >= 0.3 is 0 Å². The first-order valence-electron chi connectivity index (χ1n) is 7.67. The number of carbonyl (C=O) groups excluding carboxylic acids is 1. The van der Waals surface area contributed by atoms with E-state index < -0.39 is 33.1 Å². The molecule has 1 aliphatic heterocycles. The first kappa shape index (κ1) is 18.0. The minimum Gasteiger partial charge on any atom is -0.338 e. The summed E-state index contributed by atoms with van der Waals surface area (Å²) in [6.45, 7) is 0.453. The van der Waals surface area contributed by atoms with Gasteiger partial charge < -0.3 is 4.90 Å². The van der Waals surface area contributed by atoms with Gasteiger partial charge in [-0.15, -0.1) is 11.3 Å². The summed E-state index contributed by atoms with van der Waals surface area (Å²) in [6, 6.07) is 6.14. The number of benzene rings is 1. The molecule has 1 N–H and O–H groups in total. The predicted molar refractivity (Wildman–Crippen MR) is 89.9 cm³/mol. The van der Waals surface area contributed by atoms with Crippen molar-refractivity contribution in [2.24, 2.45) is 0 Å². The van der Waals surface area contributed by atoms with Crippen molar-refractivity contribution in [3.63, 3.8) is 0 Å². The van der Waals surface area contributed by atoms with Crippen LogP contribution in [0.5, 0.6) is 0 Å². The lowest BCUT2D eigenvalue weighted by Gasteiger charge is -2.32. The molecule has 1 saturated heterocycles. The number of thiophene rings is 1. The number of nitrogens with zero attached hydrogens (tertiary/aromatic N) is 1. The number of halogens is 2. The van der Waals surface area contributed by atoms with Crippen molar-refractivity contribution >= 4 is 27.3 Å². The van der Waals surface area contributed by atoms with Crippen LogP contribution in [-0.2, 0) is 10.0 Å². The van der Waals surface area contributed by atoms with E-state index in [-0.39, 0.29) is 23.3 Å². The van der Waals surface area contributed by atoms with E-state index in [2.05, 4.69) is 4.72 Å². The molecule has 5 nitrogen and oxygen atoms in total. The van der Waals surface area contributed by atoms with Gasteiger partial charge in [-0.2, -0.15) is 0 Å². The molecular formula is C16H16F2N2O3S2. The average Bonchev–Trinajstić information content (AvgIpc) is 3.10. The summed E-state index contributed by atoms with van der Waals surface area (Å²) in [7, 11) is -3.57. The quantitative estimate of drug-likeness (QED) is 0.878. The van der Waals surface area contributed by atoms with Crippen molar-refractivity contribution in [1.82, 2.24) is 9.62 Å². The van der Waals surface area contributed by atoms with Crippen molar-refractivity contribution in [2.45, 2.75) is 23.1 Å². The number of amides is 1. The maximum Gasteiger partial charge on any atom is 0.259 e. The van der Waals surface area contributed by atoms with Crippen LogP contribution in [0.1, 0.15) is 23.2 Å². The van der Waals surface area contributed by atoms with E-state index in [0.29, 0.717) is 12.8 Å². The third kappa shape index (κ3) is 3.88. The molecule has 0 spiro atoms. The zero-order chi connectivity index (χ0) is 18.0. The number of nitrogens with one attached hydrogen (secondary N) is 1. The second-order valence-electron chi connectivity index (χ2n) is 5.72. The molecule has 1 aliphatic rings. The Morgan fingerprint density at radius 2 is 1.76 bits per heavy atom. The fourth-order valence-electron chi connectivity index (χ4n) is 2.75. The van der Waals surface area contributed by atoms with Crippen LogP contribution >= 0.6 is 11.3 Å². The van der Waals surface area contributed by atoms with E-state index in [4.69, 9.17) is 0 Å². The van der Waals surface area contributed by atoms with Crippen LogP contribution in [-0.4, -0.2) is 38.4 Å². The molecule has 0 saturated carbocycles. The minimum atomic E-state index is -3.57. The number of likely N-dealkylation sites (tertiary alicyclic amines) is 1. The van der Waals surface area contributed by atoms with Gasteiger partial charge in [-0.25, -0.2) is 21.9 Å². The Morgan fingerprint density at radius 3 is 2.32 bits per heavy atom. The molecule has 3 rings (SSSR count). The lowest BCUT2D eigenvalue weighted by atomic mass is 10.0. The summed E-state index contributed by atoms with van der Waals surface area (Å²) < 4.78 is 54.7. The maximum atomic E-state index is 13.7. The number of hydrogen-bond acceptors (Lipinski definition) is 4. The average molecular weight is 386 g/mol. The third-order valence-electron chi connectivity index (χ3n) is 4.04. The number of piperidine rings is 1. The second-order valence-corrected chi connectivity index (χ2v) is 8.61. The Hall–Kier alpha value is -1.84. The molecule has 1 aromatic carbocycles. The van der Waals surface area contributed by atoms with Crippen molar-refractivity contribution in [2.75, 3.05) is 13.1 Å². The number of hydrogen-bond donors (Lipinski definition) is 1. The van der Waals surface area contributed by atoms with Crippen LogP contribution < -0.4 is 4.72 Å². The number of rotatable bonds is 4. The van der Waals surface area contributed by atoms with E-state index >= 15 is 0 Å². The molecule has 0 bridgehead atoms. The van der Waals surface area contributed by atoms with Crippen LogP contribution in [0.4, 0.5) is 8.78 Å². The van der Waals surface area contributed by atoms with Crippen LogP contribution in [0.3, 0.4) is 0 Å². The maximum absolute atomic E-state index is 13.7. The van der Waals surface area contributed by atoms with Gasteiger partial charge in [-0.05, 0) is 36.4 Å². The van der Waals surface area contributed by atoms with Crippen LogP contribution in [0.25, 0.3) is 0 Å². The fourth-order valence-corrected chi connectivity index (χ4v) is 5.07. The highest BCUT2D eigenvalue weighted by Crippen LogP contribution is 2.21. The number of carbonyl (C=O) groups is 1. The normalized spacial score (nSPS) is 16.2. The SMILES string of the molecule is O=C(c1c(F)cccc1F)N1CCC(NS(=O)(=O)c2cccs2)CC1. The first-order valence-corrected chi connectivity index (χ1v) is 10.0. The smallest absolute Gasteiger partial charge is 0.259 e. The third-order valence-corrected chi connectivity index (χ3v) is 6.96. The van der Waals surface area contributed by atoms with Crippen LogP contribution in [0, 0.1) is 11.6 Å². The molecule has 0 radical (unpaired) electrons. The largest absolute Gasteiger partial charge is 0.338 e. The second kappa shape index (κ2) is 7.19. The van der Waals surface area contributed by atoms with Crippen LogP contribution in [0.15, 0.2) is 39.9 Å². The zero-order valence-electron chi connectivity index (χ0n) is 13.1. The summed E-state index contributed by atoms with van der Waals surface area (Å²) in [5.41, 5.74) is -0.569. The minimum absolute atomic E-state index is 0.226. The van der Waals surface area contributed by atoms with Crippen molar-refractivity contribution in [1.29, 1.82) is 0 Å². The molecule has 134 valence electrons. The topological polar surface area (TPSA) is 66.5 Å². The van der Waals surface area contributed by atoms with Crippen molar-refractivity contribution < 1.29 is 22.0 Å². The molecule has 1 amide bonds. The fraction of sp³-hybridized carbons (Fsp3) is 0.312. The Morgan fingerprint density at radius 1 is 1.12 bits per heavy atom. The summed E-state index contributed by atoms with van der Waals surface area (Å²) in [6.07, 6.45) is 0.763. The van der Waals surface area contributed by atoms with Gasteiger partial charge in [0.05, 0.1) is 0 Å². The zero-order valence-corrected chi connectivity index (χ0v) is 14.7. The lowest BCUT2D eigenvalue weighted by molar-refractivity contribution is 0.0701. The predicted octanol–water partition coefficient (Wildman–Crippen LogP) is 2.61. The number of sulfonamides is 1. The molecule has 1 aromatic heterocycles. The highest BCUT2D eigenvalue weighted by atomic mass is 32.2. The van der Waals surface area contributed by atoms with E-state index in [1.165, 1.54) is 17.0 Å². The van der Waals surface area contributed by atoms with Gasteiger partial charge in [0.1, 0.15) is 21.4 Å². The summed E-state index contributed by atoms with van der Waals surface area (Å²) in [4.78, 5) is 13.7. The summed E-state index contributed by atoms with van der Waals surface area (Å²) >= 11 is 1.13. The van der Waals surface area contributed by atoms with E-state index in [1.807, 2.05) is 0 Å². The molecule has 9 heteroatoms. The van der Waals surface area contributed by atoms with Gasteiger partial charge in [0, 0.05) is 19.1 Å². The van der Waals surface area contributed by atoms with Gasteiger partial charge in [0.2, 0.25) is 10.0 Å². The van der Waals surface area contributed by atoms with Gasteiger partial charge in [0.15, 0.2) is 0 Å². The summed E-state index contributed by atoms with van der Waals surface area (Å²) in [5, 5.41) is 1.68. The Bertz CT molecular complexity index is 841.